The van der Waals surface area contributed by atoms with Crippen LogP contribution < -0.4 is 0 Å². The molecule has 0 fully saturated rings. The highest BCUT2D eigenvalue weighted by Gasteiger charge is 2.13. The Balaban J connectivity index is 1.66. The van der Waals surface area contributed by atoms with Gasteiger partial charge in [0, 0.05) is 20.9 Å². The summed E-state index contributed by atoms with van der Waals surface area (Å²) in [5.41, 5.74) is 1.70. The predicted molar refractivity (Wildman–Crippen MR) is 87.1 cm³/mol. The van der Waals surface area contributed by atoms with E-state index in [1.165, 1.54) is 0 Å². The molecule has 0 atom stereocenters. The van der Waals surface area contributed by atoms with Gasteiger partial charge in [-0.15, -0.1) is 0 Å². The van der Waals surface area contributed by atoms with Crippen molar-refractivity contribution in [3.8, 4) is 0 Å². The normalized spacial score (nSPS) is 10.6. The summed E-state index contributed by atoms with van der Waals surface area (Å²) in [4.78, 5) is 26.9. The standard InChI is InChI=1S/C17H12BrNO3/c18-13-7-5-11(6-8-13)16(20)10-22-17(21)15-9-12-3-1-2-4-14(12)19-15/h1-9,19H,10H2. The molecule has 5 heteroatoms. The van der Waals surface area contributed by atoms with E-state index in [1.807, 2.05) is 24.3 Å². The lowest BCUT2D eigenvalue weighted by Crippen LogP contribution is -2.14. The number of Topliss-reactive ketones (excluding diaryl/α,β-unsaturated/α-hetero) is 1. The molecule has 0 spiro atoms. The summed E-state index contributed by atoms with van der Waals surface area (Å²) in [6, 6.07) is 16.2. The number of benzene rings is 2. The third-order valence-electron chi connectivity index (χ3n) is 3.25. The molecule has 0 amide bonds. The summed E-state index contributed by atoms with van der Waals surface area (Å²) in [6.45, 7) is -0.282. The van der Waals surface area contributed by atoms with E-state index in [0.717, 1.165) is 15.4 Å². The Morgan fingerprint density at radius 3 is 2.50 bits per heavy atom. The molecule has 3 aromatic rings. The molecule has 1 N–H and O–H groups in total. The van der Waals surface area contributed by atoms with Crippen LogP contribution in [0.5, 0.6) is 0 Å². The number of esters is 1. The first-order valence-corrected chi connectivity index (χ1v) is 7.46. The number of nitrogens with one attached hydrogen (secondary N) is 1. The minimum absolute atomic E-state index is 0.239. The quantitative estimate of drug-likeness (QED) is 0.567. The van der Waals surface area contributed by atoms with Crippen LogP contribution in [-0.4, -0.2) is 23.3 Å². The van der Waals surface area contributed by atoms with E-state index < -0.39 is 5.97 Å². The molecular weight excluding hydrogens is 346 g/mol. The Hall–Kier alpha value is -2.40. The average Bonchev–Trinajstić information content (AvgIpc) is 2.97. The number of fused-ring (bicyclic) bond motifs is 1. The van der Waals surface area contributed by atoms with Crippen LogP contribution in [0.1, 0.15) is 20.8 Å². The van der Waals surface area contributed by atoms with Gasteiger partial charge in [0.05, 0.1) is 0 Å². The van der Waals surface area contributed by atoms with Crippen LogP contribution in [0.2, 0.25) is 0 Å². The maximum atomic E-state index is 12.0. The van der Waals surface area contributed by atoms with Crippen LogP contribution in [0, 0.1) is 0 Å². The third kappa shape index (κ3) is 3.09. The third-order valence-corrected chi connectivity index (χ3v) is 3.78. The van der Waals surface area contributed by atoms with Gasteiger partial charge >= 0.3 is 5.97 Å². The monoisotopic (exact) mass is 357 g/mol. The second kappa shape index (κ2) is 6.15. The lowest BCUT2D eigenvalue weighted by atomic mass is 10.1. The van der Waals surface area contributed by atoms with Gasteiger partial charge < -0.3 is 9.72 Å². The van der Waals surface area contributed by atoms with Gasteiger partial charge in [-0.3, -0.25) is 4.79 Å². The number of carbonyl (C=O) groups is 2. The number of para-hydroxylation sites is 1. The van der Waals surface area contributed by atoms with E-state index in [-0.39, 0.29) is 12.4 Å². The number of hydrogen-bond acceptors (Lipinski definition) is 3. The van der Waals surface area contributed by atoms with E-state index in [0.29, 0.717) is 11.3 Å². The maximum Gasteiger partial charge on any atom is 0.355 e. The van der Waals surface area contributed by atoms with Crippen molar-refractivity contribution in [3.05, 3.63) is 70.3 Å². The number of ether oxygens (including phenoxy) is 1. The van der Waals surface area contributed by atoms with Gasteiger partial charge in [0.15, 0.2) is 12.4 Å². The molecule has 0 saturated carbocycles. The number of aromatic amines is 1. The number of ketones is 1. The summed E-state index contributed by atoms with van der Waals surface area (Å²) in [5.74, 6) is -0.779. The molecule has 0 aliphatic rings. The fourth-order valence-electron chi connectivity index (χ4n) is 2.11. The summed E-state index contributed by atoms with van der Waals surface area (Å²) >= 11 is 3.30. The van der Waals surface area contributed by atoms with Crippen LogP contribution in [0.3, 0.4) is 0 Å². The molecule has 110 valence electrons. The molecule has 0 radical (unpaired) electrons. The Labute approximate surface area is 135 Å². The lowest BCUT2D eigenvalue weighted by molar-refractivity contribution is 0.0470. The smallest absolute Gasteiger partial charge is 0.355 e. The molecule has 0 aliphatic carbocycles. The van der Waals surface area contributed by atoms with Gasteiger partial charge in [0.25, 0.3) is 0 Å². The second-order valence-electron chi connectivity index (χ2n) is 4.78. The van der Waals surface area contributed by atoms with Gasteiger partial charge in [-0.1, -0.05) is 46.3 Å². The van der Waals surface area contributed by atoms with Crippen LogP contribution in [-0.2, 0) is 4.74 Å². The van der Waals surface area contributed by atoms with E-state index >= 15 is 0 Å². The van der Waals surface area contributed by atoms with Gasteiger partial charge in [-0.05, 0) is 24.3 Å². The molecule has 0 bridgehead atoms. The summed E-state index contributed by atoms with van der Waals surface area (Å²) in [6.07, 6.45) is 0. The Morgan fingerprint density at radius 2 is 1.77 bits per heavy atom. The summed E-state index contributed by atoms with van der Waals surface area (Å²) in [5, 5.41) is 0.925. The van der Waals surface area contributed by atoms with Crippen LogP contribution in [0.15, 0.2) is 59.1 Å². The number of carbonyl (C=O) groups excluding carboxylic acids is 2. The van der Waals surface area contributed by atoms with Crippen molar-refractivity contribution >= 4 is 38.6 Å². The molecule has 22 heavy (non-hydrogen) atoms. The van der Waals surface area contributed by atoms with Crippen molar-refractivity contribution in [3.63, 3.8) is 0 Å². The Morgan fingerprint density at radius 1 is 1.05 bits per heavy atom. The largest absolute Gasteiger partial charge is 0.453 e. The topological polar surface area (TPSA) is 59.2 Å². The van der Waals surface area contributed by atoms with E-state index in [9.17, 15) is 9.59 Å². The Bertz CT molecular complexity index is 803. The van der Waals surface area contributed by atoms with Gasteiger partial charge in [0.1, 0.15) is 5.69 Å². The van der Waals surface area contributed by atoms with Crippen LogP contribution in [0.25, 0.3) is 10.9 Å². The summed E-state index contributed by atoms with van der Waals surface area (Å²) < 4.78 is 5.96. The highest BCUT2D eigenvalue weighted by molar-refractivity contribution is 9.10. The predicted octanol–water partition coefficient (Wildman–Crippen LogP) is 3.97. The lowest BCUT2D eigenvalue weighted by Gasteiger charge is -2.03. The molecular formula is C17H12BrNO3. The van der Waals surface area contributed by atoms with Gasteiger partial charge in [0.2, 0.25) is 0 Å². The first kappa shape index (κ1) is 14.5. The first-order chi connectivity index (χ1) is 10.6. The first-order valence-electron chi connectivity index (χ1n) is 6.67. The Kier molecular flexibility index (Phi) is 4.06. The van der Waals surface area contributed by atoms with Gasteiger partial charge in [-0.2, -0.15) is 0 Å². The highest BCUT2D eigenvalue weighted by atomic mass is 79.9. The van der Waals surface area contributed by atoms with E-state index in [2.05, 4.69) is 20.9 Å². The minimum atomic E-state index is -0.540. The molecule has 1 aromatic heterocycles. The highest BCUT2D eigenvalue weighted by Crippen LogP contribution is 2.15. The van der Waals surface area contributed by atoms with Crippen LogP contribution in [0.4, 0.5) is 0 Å². The fraction of sp³-hybridized carbons (Fsp3) is 0.0588. The minimum Gasteiger partial charge on any atom is -0.453 e. The number of aromatic nitrogens is 1. The number of H-pyrrole nitrogens is 1. The van der Waals surface area contributed by atoms with Crippen molar-refractivity contribution in [2.24, 2.45) is 0 Å². The van der Waals surface area contributed by atoms with Gasteiger partial charge in [-0.25, -0.2) is 4.79 Å². The maximum absolute atomic E-state index is 12.0. The second-order valence-corrected chi connectivity index (χ2v) is 5.69. The molecule has 0 unspecified atom stereocenters. The van der Waals surface area contributed by atoms with Crippen LogP contribution >= 0.6 is 15.9 Å². The molecule has 2 aromatic carbocycles. The number of halogens is 1. The van der Waals surface area contributed by atoms with Crippen molar-refractivity contribution < 1.29 is 14.3 Å². The molecule has 0 aliphatic heterocycles. The van der Waals surface area contributed by atoms with Crippen molar-refractivity contribution in [1.29, 1.82) is 0 Å². The number of rotatable bonds is 4. The van der Waals surface area contributed by atoms with E-state index in [4.69, 9.17) is 4.74 Å². The molecule has 3 rings (SSSR count). The van der Waals surface area contributed by atoms with Crippen molar-refractivity contribution in [1.82, 2.24) is 4.98 Å². The molecule has 1 heterocycles. The number of hydrogen-bond donors (Lipinski definition) is 1. The zero-order chi connectivity index (χ0) is 15.5. The van der Waals surface area contributed by atoms with Crippen molar-refractivity contribution in [2.45, 2.75) is 0 Å². The summed E-state index contributed by atoms with van der Waals surface area (Å²) in [7, 11) is 0. The van der Waals surface area contributed by atoms with E-state index in [1.54, 1.807) is 30.3 Å². The molecule has 0 saturated heterocycles. The molecule has 4 nitrogen and oxygen atoms in total. The fourth-order valence-corrected chi connectivity index (χ4v) is 2.38. The zero-order valence-electron chi connectivity index (χ0n) is 11.5. The SMILES string of the molecule is O=C(COC(=O)c1cc2ccccc2[nH]1)c1ccc(Br)cc1. The zero-order valence-corrected chi connectivity index (χ0v) is 13.1. The van der Waals surface area contributed by atoms with Crippen molar-refractivity contribution in [2.75, 3.05) is 6.61 Å². The average molecular weight is 358 g/mol.